The molecule has 0 fully saturated rings. The van der Waals surface area contributed by atoms with Crippen LogP contribution in [0.2, 0.25) is 0 Å². The van der Waals surface area contributed by atoms with Crippen molar-refractivity contribution in [3.63, 3.8) is 0 Å². The molecule has 2 heterocycles. The summed E-state index contributed by atoms with van der Waals surface area (Å²) in [6.45, 7) is 2.63. The summed E-state index contributed by atoms with van der Waals surface area (Å²) in [7, 11) is 0. The second-order valence-electron chi connectivity index (χ2n) is 5.53. The number of nitrogens with zero attached hydrogens (tertiary/aromatic N) is 1. The summed E-state index contributed by atoms with van der Waals surface area (Å²) in [5, 5.41) is 1.14. The van der Waals surface area contributed by atoms with Crippen LogP contribution in [0.3, 0.4) is 0 Å². The van der Waals surface area contributed by atoms with Gasteiger partial charge in [0.05, 0.1) is 11.7 Å². The van der Waals surface area contributed by atoms with E-state index < -0.39 is 0 Å². The first-order chi connectivity index (χ1) is 10.8. The van der Waals surface area contributed by atoms with Crippen LogP contribution in [0.15, 0.2) is 48.8 Å². The van der Waals surface area contributed by atoms with Crippen LogP contribution in [0.4, 0.5) is 0 Å². The molecule has 0 spiro atoms. The maximum Gasteiger partial charge on any atom is 0.214 e. The van der Waals surface area contributed by atoms with Gasteiger partial charge in [0.15, 0.2) is 0 Å². The Kier molecular flexibility index (Phi) is 4.39. The molecule has 0 bridgehead atoms. The van der Waals surface area contributed by atoms with Crippen LogP contribution < -0.4 is 10.5 Å². The minimum absolute atomic E-state index is 0.181. The van der Waals surface area contributed by atoms with Crippen molar-refractivity contribution in [1.29, 1.82) is 0 Å². The highest BCUT2D eigenvalue weighted by Gasteiger charge is 2.09. The van der Waals surface area contributed by atoms with Gasteiger partial charge in [0.2, 0.25) is 5.88 Å². The standard InChI is InChI=1S/C18H21N3O/c1-2-15(19)8-14-10-20-17-11-21-18(9-16(14)17)22-12-13-6-4-3-5-7-13/h3-7,9-11,15,20H,2,8,12,19H2,1H3. The molecule has 2 aromatic heterocycles. The molecule has 1 atom stereocenters. The number of rotatable bonds is 6. The number of aromatic amines is 1. The van der Waals surface area contributed by atoms with Crippen molar-refractivity contribution >= 4 is 10.9 Å². The lowest BCUT2D eigenvalue weighted by Crippen LogP contribution is -2.21. The monoisotopic (exact) mass is 295 g/mol. The van der Waals surface area contributed by atoms with E-state index in [0.29, 0.717) is 12.5 Å². The van der Waals surface area contributed by atoms with Crippen LogP contribution in [0.5, 0.6) is 5.88 Å². The number of H-pyrrole nitrogens is 1. The lowest BCUT2D eigenvalue weighted by atomic mass is 10.0. The minimum atomic E-state index is 0.181. The third-order valence-corrected chi connectivity index (χ3v) is 3.86. The predicted octanol–water partition coefficient (Wildman–Crippen LogP) is 3.42. The first kappa shape index (κ1) is 14.6. The first-order valence-electron chi connectivity index (χ1n) is 7.64. The van der Waals surface area contributed by atoms with Crippen LogP contribution in [-0.2, 0) is 13.0 Å². The second kappa shape index (κ2) is 6.62. The van der Waals surface area contributed by atoms with Gasteiger partial charge in [-0.25, -0.2) is 4.98 Å². The van der Waals surface area contributed by atoms with Gasteiger partial charge >= 0.3 is 0 Å². The van der Waals surface area contributed by atoms with E-state index in [1.165, 1.54) is 5.56 Å². The average Bonchev–Trinajstić information content (AvgIpc) is 2.96. The fourth-order valence-electron chi connectivity index (χ4n) is 2.47. The highest BCUT2D eigenvalue weighted by Crippen LogP contribution is 2.23. The fraction of sp³-hybridized carbons (Fsp3) is 0.278. The van der Waals surface area contributed by atoms with Crippen molar-refractivity contribution < 1.29 is 4.74 Å². The average molecular weight is 295 g/mol. The molecule has 114 valence electrons. The smallest absolute Gasteiger partial charge is 0.214 e. The number of hydrogen-bond donors (Lipinski definition) is 2. The van der Waals surface area contributed by atoms with E-state index in [0.717, 1.165) is 29.3 Å². The largest absolute Gasteiger partial charge is 0.473 e. The number of nitrogens with two attached hydrogens (primary N) is 1. The first-order valence-corrected chi connectivity index (χ1v) is 7.64. The van der Waals surface area contributed by atoms with Gasteiger partial charge in [0, 0.05) is 23.7 Å². The number of hydrogen-bond acceptors (Lipinski definition) is 3. The molecule has 4 nitrogen and oxygen atoms in total. The van der Waals surface area contributed by atoms with Crippen molar-refractivity contribution in [2.45, 2.75) is 32.4 Å². The van der Waals surface area contributed by atoms with Gasteiger partial charge in [0.1, 0.15) is 6.61 Å². The number of ether oxygens (including phenoxy) is 1. The third kappa shape index (κ3) is 3.28. The Bertz CT molecular complexity index is 736. The van der Waals surface area contributed by atoms with Gasteiger partial charge in [-0.2, -0.15) is 0 Å². The van der Waals surface area contributed by atoms with Gasteiger partial charge < -0.3 is 15.5 Å². The molecule has 1 unspecified atom stereocenters. The van der Waals surface area contributed by atoms with Gasteiger partial charge in [-0.05, 0) is 24.0 Å². The van der Waals surface area contributed by atoms with E-state index in [2.05, 4.69) is 16.9 Å². The van der Waals surface area contributed by atoms with E-state index in [4.69, 9.17) is 10.5 Å². The zero-order valence-electron chi connectivity index (χ0n) is 12.8. The molecular formula is C18H21N3O. The van der Waals surface area contributed by atoms with E-state index >= 15 is 0 Å². The van der Waals surface area contributed by atoms with Crippen LogP contribution in [0, 0.1) is 0 Å². The highest BCUT2D eigenvalue weighted by atomic mass is 16.5. The number of fused-ring (bicyclic) bond motifs is 1. The highest BCUT2D eigenvalue weighted by molar-refractivity contribution is 5.83. The van der Waals surface area contributed by atoms with Gasteiger partial charge in [-0.1, -0.05) is 37.3 Å². The number of nitrogens with one attached hydrogen (secondary N) is 1. The zero-order chi connectivity index (χ0) is 15.4. The van der Waals surface area contributed by atoms with Crippen LogP contribution in [0.25, 0.3) is 10.9 Å². The van der Waals surface area contributed by atoms with Crippen molar-refractivity contribution in [3.05, 3.63) is 59.9 Å². The Hall–Kier alpha value is -2.33. The molecule has 4 heteroatoms. The number of pyridine rings is 1. The van der Waals surface area contributed by atoms with E-state index in [1.54, 1.807) is 0 Å². The molecule has 0 saturated heterocycles. The van der Waals surface area contributed by atoms with Crippen LogP contribution >= 0.6 is 0 Å². The molecule has 0 saturated carbocycles. The van der Waals surface area contributed by atoms with Gasteiger partial charge in [-0.15, -0.1) is 0 Å². The molecule has 3 rings (SSSR count). The Morgan fingerprint density at radius 1 is 1.27 bits per heavy atom. The van der Waals surface area contributed by atoms with E-state index in [1.807, 2.05) is 48.8 Å². The topological polar surface area (TPSA) is 63.9 Å². The van der Waals surface area contributed by atoms with Gasteiger partial charge in [-0.3, -0.25) is 0 Å². The molecule has 0 aliphatic rings. The predicted molar refractivity (Wildman–Crippen MR) is 88.8 cm³/mol. The molecule has 0 amide bonds. The summed E-state index contributed by atoms with van der Waals surface area (Å²) in [6.07, 6.45) is 5.66. The Morgan fingerprint density at radius 2 is 2.09 bits per heavy atom. The van der Waals surface area contributed by atoms with Gasteiger partial charge in [0.25, 0.3) is 0 Å². The SMILES string of the molecule is CCC(N)Cc1c[nH]c2cnc(OCc3ccccc3)cc12. The van der Waals surface area contributed by atoms with E-state index in [-0.39, 0.29) is 6.04 Å². The third-order valence-electron chi connectivity index (χ3n) is 3.86. The number of aromatic nitrogens is 2. The molecule has 22 heavy (non-hydrogen) atoms. The minimum Gasteiger partial charge on any atom is -0.473 e. The molecule has 0 aliphatic heterocycles. The molecular weight excluding hydrogens is 274 g/mol. The lowest BCUT2D eigenvalue weighted by molar-refractivity contribution is 0.294. The summed E-state index contributed by atoms with van der Waals surface area (Å²) in [5.74, 6) is 0.641. The maximum atomic E-state index is 6.07. The Labute approximate surface area is 130 Å². The quantitative estimate of drug-likeness (QED) is 0.732. The molecule has 3 N–H and O–H groups in total. The Balaban J connectivity index is 1.78. The Morgan fingerprint density at radius 3 is 2.86 bits per heavy atom. The van der Waals surface area contributed by atoms with Crippen molar-refractivity contribution in [3.8, 4) is 5.88 Å². The fourth-order valence-corrected chi connectivity index (χ4v) is 2.47. The van der Waals surface area contributed by atoms with Crippen molar-refractivity contribution in [2.75, 3.05) is 0 Å². The molecule has 3 aromatic rings. The summed E-state index contributed by atoms with van der Waals surface area (Å²) in [6, 6.07) is 12.3. The summed E-state index contributed by atoms with van der Waals surface area (Å²) >= 11 is 0. The lowest BCUT2D eigenvalue weighted by Gasteiger charge is -2.08. The summed E-state index contributed by atoms with van der Waals surface area (Å²) < 4.78 is 5.80. The normalized spacial score (nSPS) is 12.5. The summed E-state index contributed by atoms with van der Waals surface area (Å²) in [4.78, 5) is 7.59. The van der Waals surface area contributed by atoms with E-state index in [9.17, 15) is 0 Å². The van der Waals surface area contributed by atoms with Crippen LogP contribution in [0.1, 0.15) is 24.5 Å². The summed E-state index contributed by atoms with van der Waals surface area (Å²) in [5.41, 5.74) is 9.44. The molecule has 1 aromatic carbocycles. The van der Waals surface area contributed by atoms with Crippen molar-refractivity contribution in [2.24, 2.45) is 5.73 Å². The second-order valence-corrected chi connectivity index (χ2v) is 5.53. The maximum absolute atomic E-state index is 6.07. The van der Waals surface area contributed by atoms with Crippen molar-refractivity contribution in [1.82, 2.24) is 9.97 Å². The van der Waals surface area contributed by atoms with Crippen LogP contribution in [-0.4, -0.2) is 16.0 Å². The zero-order valence-corrected chi connectivity index (χ0v) is 12.8. The molecule has 0 radical (unpaired) electrons. The molecule has 0 aliphatic carbocycles. The number of benzene rings is 1.